The molecule has 2 atom stereocenters. The number of rotatable bonds is 9. The summed E-state index contributed by atoms with van der Waals surface area (Å²) in [6, 6.07) is 12.6. The lowest BCUT2D eigenvalue weighted by atomic mass is 9.88. The third kappa shape index (κ3) is 5.83. The van der Waals surface area contributed by atoms with Crippen molar-refractivity contribution in [1.29, 1.82) is 0 Å². The van der Waals surface area contributed by atoms with E-state index in [1.54, 1.807) is 24.3 Å². The summed E-state index contributed by atoms with van der Waals surface area (Å²) in [5.41, 5.74) is 9.88. The smallest absolute Gasteiger partial charge is 0.303 e. The number of allylic oxidation sites excluding steroid dienone is 1. The van der Waals surface area contributed by atoms with Crippen LogP contribution in [0.25, 0.3) is 0 Å². The van der Waals surface area contributed by atoms with Crippen LogP contribution in [-0.2, 0) is 21.4 Å². The van der Waals surface area contributed by atoms with Gasteiger partial charge in [0.15, 0.2) is 0 Å². The molecule has 0 radical (unpaired) electrons. The third-order valence-corrected chi connectivity index (χ3v) is 8.49. The van der Waals surface area contributed by atoms with Gasteiger partial charge >= 0.3 is 5.97 Å². The van der Waals surface area contributed by atoms with E-state index in [1.807, 2.05) is 50.2 Å². The van der Waals surface area contributed by atoms with Gasteiger partial charge in [-0.05, 0) is 68.4 Å². The van der Waals surface area contributed by atoms with Crippen LogP contribution in [0.4, 0.5) is 0 Å². The fraction of sp³-hybridized carbons (Fsp3) is 0.423. The largest absolute Gasteiger partial charge is 0.488 e. The first-order chi connectivity index (χ1) is 17.2. The maximum absolute atomic E-state index is 13.5. The van der Waals surface area contributed by atoms with Crippen LogP contribution in [0.5, 0.6) is 5.75 Å². The molecule has 2 aliphatic rings. The molecule has 9 nitrogen and oxygen atoms in total. The molecule has 36 heavy (non-hydrogen) atoms. The Bertz CT molecular complexity index is 1250. The Kier molecular flexibility index (Phi) is 7.87. The number of carboxylic acid groups (broad SMARTS) is 1. The molecule has 0 saturated heterocycles. The molecule has 1 unspecified atom stereocenters. The lowest BCUT2D eigenvalue weighted by Crippen LogP contribution is -2.36. The molecule has 3 N–H and O–H groups in total. The van der Waals surface area contributed by atoms with Gasteiger partial charge in [0.2, 0.25) is 10.0 Å². The summed E-state index contributed by atoms with van der Waals surface area (Å²) in [5, 5.41) is 11.5. The molecule has 0 aliphatic carbocycles. The molecule has 0 amide bonds. The Labute approximate surface area is 212 Å². The van der Waals surface area contributed by atoms with Crippen LogP contribution >= 0.6 is 0 Å². The second kappa shape index (κ2) is 10.9. The molecule has 0 fully saturated rings. The Hall–Kier alpha value is -3.08. The van der Waals surface area contributed by atoms with Gasteiger partial charge in [-0.1, -0.05) is 30.3 Å². The number of benzene rings is 2. The minimum absolute atomic E-state index is 0.000956. The van der Waals surface area contributed by atoms with Gasteiger partial charge in [0.05, 0.1) is 13.0 Å². The summed E-state index contributed by atoms with van der Waals surface area (Å²) in [6.45, 7) is 7.06. The molecule has 194 valence electrons. The molecule has 2 aliphatic heterocycles. The molecule has 0 saturated carbocycles. The van der Waals surface area contributed by atoms with Gasteiger partial charge in [-0.2, -0.15) is 4.31 Å². The zero-order valence-electron chi connectivity index (χ0n) is 20.9. The number of ether oxygens (including phenoxy) is 1. The third-order valence-electron chi connectivity index (χ3n) is 6.64. The summed E-state index contributed by atoms with van der Waals surface area (Å²) in [7, 11) is -3.76. The van der Waals surface area contributed by atoms with Crippen LogP contribution in [0.1, 0.15) is 55.7 Å². The minimum Gasteiger partial charge on any atom is -0.488 e. The first kappa shape index (κ1) is 26.0. The van der Waals surface area contributed by atoms with Crippen LogP contribution in [0.3, 0.4) is 0 Å². The van der Waals surface area contributed by atoms with Crippen LogP contribution < -0.4 is 15.7 Å². The van der Waals surface area contributed by atoms with Crippen molar-refractivity contribution in [2.75, 3.05) is 13.1 Å². The summed E-state index contributed by atoms with van der Waals surface area (Å²) in [6.07, 6.45) is 3.02. The maximum atomic E-state index is 13.5. The number of nitrogens with zero attached hydrogens (tertiary/aromatic N) is 2. The van der Waals surface area contributed by atoms with E-state index in [4.69, 9.17) is 4.74 Å². The first-order valence-electron chi connectivity index (χ1n) is 12.2. The Morgan fingerprint density at radius 1 is 1.25 bits per heavy atom. The highest BCUT2D eigenvalue weighted by molar-refractivity contribution is 7.89. The SMILES string of the molecule is CCN1C=C(CCC(CC(=O)O)c2ccc(C)c(CN3C[C@@H](C)Oc4ccccc4S3(=O)=O)c2)NN1. The number of hydrogen-bond donors (Lipinski definition) is 3. The molecular weight excluding hydrogens is 480 g/mol. The van der Waals surface area contributed by atoms with Gasteiger partial charge < -0.3 is 15.3 Å². The quantitative estimate of drug-likeness (QED) is 0.466. The first-order valence-corrected chi connectivity index (χ1v) is 13.7. The minimum atomic E-state index is -3.76. The molecule has 2 aromatic carbocycles. The number of para-hydroxylation sites is 1. The molecule has 2 heterocycles. The zero-order valence-corrected chi connectivity index (χ0v) is 21.7. The predicted octanol–water partition coefficient (Wildman–Crippen LogP) is 3.49. The highest BCUT2D eigenvalue weighted by atomic mass is 32.2. The number of aryl methyl sites for hydroxylation is 1. The Balaban J connectivity index is 1.59. The van der Waals surface area contributed by atoms with Gasteiger partial charge in [-0.3, -0.25) is 9.80 Å². The second-order valence-corrected chi connectivity index (χ2v) is 11.3. The lowest BCUT2D eigenvalue weighted by Gasteiger charge is -2.23. The van der Waals surface area contributed by atoms with E-state index in [1.165, 1.54) is 4.31 Å². The number of fused-ring (bicyclic) bond motifs is 1. The van der Waals surface area contributed by atoms with Crippen LogP contribution in [0.2, 0.25) is 0 Å². The van der Waals surface area contributed by atoms with Gasteiger partial charge in [-0.15, -0.1) is 5.53 Å². The van der Waals surface area contributed by atoms with E-state index < -0.39 is 16.0 Å². The van der Waals surface area contributed by atoms with E-state index in [0.29, 0.717) is 18.6 Å². The molecule has 0 aromatic heterocycles. The summed E-state index contributed by atoms with van der Waals surface area (Å²) in [5.74, 6) is -0.698. The fourth-order valence-corrected chi connectivity index (χ4v) is 6.23. The van der Waals surface area contributed by atoms with Crippen molar-refractivity contribution in [1.82, 2.24) is 20.3 Å². The molecule has 10 heteroatoms. The van der Waals surface area contributed by atoms with Crippen molar-refractivity contribution in [2.24, 2.45) is 0 Å². The van der Waals surface area contributed by atoms with Gasteiger partial charge in [0, 0.05) is 25.0 Å². The van der Waals surface area contributed by atoms with Gasteiger partial charge in [0.1, 0.15) is 16.7 Å². The number of nitrogens with one attached hydrogen (secondary N) is 2. The van der Waals surface area contributed by atoms with Crippen molar-refractivity contribution >= 4 is 16.0 Å². The number of hydrazine groups is 2. The highest BCUT2D eigenvalue weighted by Crippen LogP contribution is 2.33. The number of carboxylic acids is 1. The number of sulfonamides is 1. The van der Waals surface area contributed by atoms with Crippen molar-refractivity contribution in [3.05, 3.63) is 71.1 Å². The van der Waals surface area contributed by atoms with Gasteiger partial charge in [-0.25, -0.2) is 8.42 Å². The molecule has 4 rings (SSSR count). The predicted molar refractivity (Wildman–Crippen MR) is 136 cm³/mol. The van der Waals surface area contributed by atoms with E-state index in [0.717, 1.165) is 28.9 Å². The van der Waals surface area contributed by atoms with E-state index >= 15 is 0 Å². The fourth-order valence-electron chi connectivity index (χ4n) is 4.61. The summed E-state index contributed by atoms with van der Waals surface area (Å²) >= 11 is 0. The number of carbonyl (C=O) groups is 1. The number of hydrogen-bond acceptors (Lipinski definition) is 7. The topological polar surface area (TPSA) is 111 Å². The summed E-state index contributed by atoms with van der Waals surface area (Å²) < 4.78 is 34.3. The monoisotopic (exact) mass is 514 g/mol. The van der Waals surface area contributed by atoms with Crippen LogP contribution in [0.15, 0.2) is 59.3 Å². The van der Waals surface area contributed by atoms with E-state index in [-0.39, 0.29) is 36.4 Å². The molecule has 0 bridgehead atoms. The molecule has 0 spiro atoms. The van der Waals surface area contributed by atoms with E-state index in [9.17, 15) is 18.3 Å². The van der Waals surface area contributed by atoms with Crippen molar-refractivity contribution in [3.8, 4) is 5.75 Å². The van der Waals surface area contributed by atoms with Crippen molar-refractivity contribution < 1.29 is 23.1 Å². The average molecular weight is 515 g/mol. The number of aliphatic carboxylic acids is 1. The van der Waals surface area contributed by atoms with Crippen LogP contribution in [0, 0.1) is 6.92 Å². The average Bonchev–Trinajstić information content (AvgIpc) is 3.27. The maximum Gasteiger partial charge on any atom is 0.303 e. The van der Waals surface area contributed by atoms with E-state index in [2.05, 4.69) is 11.0 Å². The Morgan fingerprint density at radius 3 is 2.75 bits per heavy atom. The second-order valence-electron chi connectivity index (χ2n) is 9.37. The lowest BCUT2D eigenvalue weighted by molar-refractivity contribution is -0.137. The van der Waals surface area contributed by atoms with Crippen molar-refractivity contribution in [2.45, 2.75) is 63.5 Å². The summed E-state index contributed by atoms with van der Waals surface area (Å²) in [4.78, 5) is 11.8. The Morgan fingerprint density at radius 2 is 2.03 bits per heavy atom. The van der Waals surface area contributed by atoms with Crippen molar-refractivity contribution in [3.63, 3.8) is 0 Å². The molecule has 2 aromatic rings. The standard InChI is InChI=1S/C26H34N4O5S/c1-4-29-17-23(27-28-29)12-11-21(14-26(31)32)20-10-9-18(2)22(13-20)16-30-15-19(3)35-24-7-5-6-8-25(24)36(30,33)34/h5-10,13,17,19,21,27-28H,4,11-12,14-16H2,1-3H3,(H,31,32)/t19-,21?/m1/s1. The van der Waals surface area contributed by atoms with Gasteiger partial charge in [0.25, 0.3) is 0 Å². The zero-order chi connectivity index (χ0) is 25.9. The van der Waals surface area contributed by atoms with Crippen LogP contribution in [-0.4, -0.2) is 48.0 Å². The molecular formula is C26H34N4O5S. The normalized spacial score (nSPS) is 20.0. The highest BCUT2D eigenvalue weighted by Gasteiger charge is 2.33.